The van der Waals surface area contributed by atoms with Crippen LogP contribution in [0.25, 0.3) is 0 Å². The first-order chi connectivity index (χ1) is 14.2. The van der Waals surface area contributed by atoms with Crippen molar-refractivity contribution in [3.05, 3.63) is 12.2 Å². The van der Waals surface area contributed by atoms with Gasteiger partial charge in [-0.1, -0.05) is 60.0 Å². The summed E-state index contributed by atoms with van der Waals surface area (Å²) >= 11 is 0. The molecule has 2 spiro atoms. The largest absolute Gasteiger partial charge is 0.393 e. The molecule has 1 saturated heterocycles. The van der Waals surface area contributed by atoms with Crippen molar-refractivity contribution in [1.29, 1.82) is 0 Å². The number of aliphatic hydroxyl groups excluding tert-OH is 1. The van der Waals surface area contributed by atoms with Gasteiger partial charge in [-0.05, 0) is 67.8 Å². The zero-order valence-corrected chi connectivity index (χ0v) is 20.0. The van der Waals surface area contributed by atoms with Gasteiger partial charge in [0.05, 0.1) is 6.10 Å². The first kappa shape index (κ1) is 21.5. The molecule has 30 heavy (non-hydrogen) atoms. The van der Waals surface area contributed by atoms with Crippen molar-refractivity contribution in [2.45, 2.75) is 116 Å². The Kier molecular flexibility index (Phi) is 5.05. The fraction of sp³-hybridized carbons (Fsp3) is 0.926. The Balaban J connectivity index is 1.42. The molecule has 6 rings (SSSR count). The second kappa shape index (κ2) is 7.06. The monoisotopic (exact) mass is 416 g/mol. The van der Waals surface area contributed by atoms with Crippen LogP contribution in [0, 0.1) is 40.4 Å². The number of rotatable bonds is 5. The molecule has 4 aliphatic carbocycles. The topological polar surface area (TPSA) is 38.7 Å². The summed E-state index contributed by atoms with van der Waals surface area (Å²) in [6.07, 6.45) is 16.4. The third-order valence-corrected chi connectivity index (χ3v) is 10.8. The second-order valence-corrected chi connectivity index (χ2v) is 12.7. The van der Waals surface area contributed by atoms with Gasteiger partial charge >= 0.3 is 0 Å². The minimum atomic E-state index is -0.424. The molecule has 0 aromatic carbocycles. The van der Waals surface area contributed by atoms with Crippen molar-refractivity contribution >= 4 is 0 Å². The molecule has 0 aromatic heterocycles. The third kappa shape index (κ3) is 2.73. The van der Waals surface area contributed by atoms with Gasteiger partial charge in [0.1, 0.15) is 11.2 Å². The van der Waals surface area contributed by atoms with Crippen molar-refractivity contribution in [2.24, 2.45) is 40.4 Å². The lowest BCUT2D eigenvalue weighted by molar-refractivity contribution is -0.497. The Labute approximate surface area is 183 Å². The van der Waals surface area contributed by atoms with Gasteiger partial charge in [0, 0.05) is 23.7 Å². The van der Waals surface area contributed by atoms with Crippen LogP contribution in [0.3, 0.4) is 0 Å². The van der Waals surface area contributed by atoms with Gasteiger partial charge < -0.3 is 5.11 Å². The Morgan fingerprint density at radius 1 is 0.933 bits per heavy atom. The van der Waals surface area contributed by atoms with Crippen molar-refractivity contribution in [3.8, 4) is 0 Å². The van der Waals surface area contributed by atoms with Crippen LogP contribution in [0.5, 0.6) is 0 Å². The summed E-state index contributed by atoms with van der Waals surface area (Å²) in [5, 5.41) is 10.4. The van der Waals surface area contributed by atoms with E-state index in [1.807, 2.05) is 0 Å². The molecule has 4 fully saturated rings. The minimum absolute atomic E-state index is 0.0848. The summed E-state index contributed by atoms with van der Waals surface area (Å²) in [6, 6.07) is 0. The molecule has 2 heterocycles. The van der Waals surface area contributed by atoms with Crippen molar-refractivity contribution < 1.29 is 14.9 Å². The van der Waals surface area contributed by atoms with Gasteiger partial charge in [0.2, 0.25) is 0 Å². The summed E-state index contributed by atoms with van der Waals surface area (Å²) in [6.45, 7) is 12.2. The van der Waals surface area contributed by atoms with E-state index >= 15 is 0 Å². The number of aliphatic hydroxyl groups is 1. The number of fused-ring (bicyclic) bond motifs is 2. The highest BCUT2D eigenvalue weighted by Gasteiger charge is 2.74. The van der Waals surface area contributed by atoms with Crippen LogP contribution in [0.15, 0.2) is 12.2 Å². The quantitative estimate of drug-likeness (QED) is 0.413. The Morgan fingerprint density at radius 3 is 2.43 bits per heavy atom. The first-order valence-electron chi connectivity index (χ1n) is 12.9. The highest BCUT2D eigenvalue weighted by molar-refractivity contribution is 5.33. The van der Waals surface area contributed by atoms with Gasteiger partial charge in [-0.25, -0.2) is 9.78 Å². The Hall–Kier alpha value is -0.380. The van der Waals surface area contributed by atoms with E-state index in [0.717, 1.165) is 30.6 Å². The molecule has 3 nitrogen and oxygen atoms in total. The molecule has 1 N–H and O–H groups in total. The molecule has 0 radical (unpaired) electrons. The second-order valence-electron chi connectivity index (χ2n) is 12.7. The minimum Gasteiger partial charge on any atom is -0.393 e. The zero-order valence-electron chi connectivity index (χ0n) is 20.0. The molecular formula is C27H44O3. The molecule has 6 aliphatic rings. The average Bonchev–Trinajstić information content (AvgIpc) is 3.05. The van der Waals surface area contributed by atoms with Crippen molar-refractivity contribution in [1.82, 2.24) is 0 Å². The molecule has 170 valence electrons. The van der Waals surface area contributed by atoms with Crippen LogP contribution in [-0.2, 0) is 9.78 Å². The fourth-order valence-electron chi connectivity index (χ4n) is 9.12. The van der Waals surface area contributed by atoms with E-state index in [1.165, 1.54) is 44.9 Å². The third-order valence-electron chi connectivity index (χ3n) is 10.8. The van der Waals surface area contributed by atoms with Gasteiger partial charge in [0.25, 0.3) is 0 Å². The lowest BCUT2D eigenvalue weighted by Gasteiger charge is -2.69. The van der Waals surface area contributed by atoms with E-state index < -0.39 is 5.60 Å². The van der Waals surface area contributed by atoms with Crippen LogP contribution >= 0.6 is 0 Å². The summed E-state index contributed by atoms with van der Waals surface area (Å²) in [7, 11) is 0. The van der Waals surface area contributed by atoms with Crippen LogP contribution in [0.1, 0.15) is 98.8 Å². The zero-order chi connectivity index (χ0) is 21.4. The standard InChI is InChI=1S/C27H44O3/c1-18(2)7-6-8-19(3)21-9-10-22-24(21,4)13-12-23-25(5)14-11-20(28)17-26(25)15-16-27(22,23)30-29-26/h15-16,18-23,28H,6-14,17H2,1-5H3/t19-,20?,21?,22?,23?,24-,25-,26-,27?/m1/s1. The smallest absolute Gasteiger partial charge is 0.130 e. The highest BCUT2D eigenvalue weighted by Crippen LogP contribution is 2.72. The molecule has 2 aliphatic heterocycles. The van der Waals surface area contributed by atoms with E-state index in [0.29, 0.717) is 23.7 Å². The normalized spacial score (nSPS) is 52.8. The maximum atomic E-state index is 10.4. The molecule has 9 atom stereocenters. The predicted octanol–water partition coefficient (Wildman–Crippen LogP) is 6.45. The van der Waals surface area contributed by atoms with Crippen LogP contribution in [-0.4, -0.2) is 22.4 Å². The van der Waals surface area contributed by atoms with E-state index in [9.17, 15) is 5.11 Å². The van der Waals surface area contributed by atoms with E-state index in [2.05, 4.69) is 46.8 Å². The molecule has 3 saturated carbocycles. The van der Waals surface area contributed by atoms with Crippen LogP contribution < -0.4 is 0 Å². The summed E-state index contributed by atoms with van der Waals surface area (Å²) in [5.41, 5.74) is -0.240. The molecule has 5 unspecified atom stereocenters. The SMILES string of the molecule is CC(C)CCC[C@@H](C)C1CCC2C34C=C[C@]5(CC(O)CC[C@]5(C)C3CC[C@]12C)OO4. The molecule has 0 amide bonds. The van der Waals surface area contributed by atoms with Crippen LogP contribution in [0.2, 0.25) is 0 Å². The summed E-state index contributed by atoms with van der Waals surface area (Å²) in [4.78, 5) is 12.8. The number of hydrogen-bond acceptors (Lipinski definition) is 3. The van der Waals surface area contributed by atoms with Gasteiger partial charge in [-0.2, -0.15) is 0 Å². The molecular weight excluding hydrogens is 372 g/mol. The Morgan fingerprint density at radius 2 is 1.73 bits per heavy atom. The fourth-order valence-corrected chi connectivity index (χ4v) is 9.12. The molecule has 2 bridgehead atoms. The Bertz CT molecular complexity index is 702. The predicted molar refractivity (Wildman–Crippen MR) is 120 cm³/mol. The van der Waals surface area contributed by atoms with Crippen molar-refractivity contribution in [2.75, 3.05) is 0 Å². The van der Waals surface area contributed by atoms with Gasteiger partial charge in [-0.15, -0.1) is 0 Å². The van der Waals surface area contributed by atoms with Crippen molar-refractivity contribution in [3.63, 3.8) is 0 Å². The summed E-state index contributed by atoms with van der Waals surface area (Å²) in [5.74, 6) is 3.48. The van der Waals surface area contributed by atoms with E-state index in [4.69, 9.17) is 9.78 Å². The maximum Gasteiger partial charge on any atom is 0.130 e. The lowest BCUT2D eigenvalue weighted by atomic mass is 9.42. The highest BCUT2D eigenvalue weighted by atomic mass is 17.2. The van der Waals surface area contributed by atoms with E-state index in [-0.39, 0.29) is 17.1 Å². The maximum absolute atomic E-state index is 10.4. The van der Waals surface area contributed by atoms with Gasteiger partial charge in [-0.3, -0.25) is 0 Å². The lowest BCUT2D eigenvalue weighted by Crippen LogP contribution is -2.73. The number of hydrogen-bond donors (Lipinski definition) is 1. The average molecular weight is 417 g/mol. The summed E-state index contributed by atoms with van der Waals surface area (Å²) < 4.78 is 0. The molecule has 0 aromatic rings. The molecule has 3 heteroatoms. The van der Waals surface area contributed by atoms with Gasteiger partial charge in [0.15, 0.2) is 0 Å². The van der Waals surface area contributed by atoms with Crippen LogP contribution in [0.4, 0.5) is 0 Å². The first-order valence-corrected chi connectivity index (χ1v) is 12.9. The van der Waals surface area contributed by atoms with E-state index in [1.54, 1.807) is 0 Å².